The number of aromatic hydroxyl groups is 3. The van der Waals surface area contributed by atoms with E-state index in [4.69, 9.17) is 43.5 Å². The number of Topliss-reactive ketones (excluding diaryl/α,β-unsaturated/α-hetero) is 1. The number of ether oxygens (including phenoxy) is 3. The maximum atomic E-state index is 11.4. The van der Waals surface area contributed by atoms with Crippen molar-refractivity contribution in [2.75, 3.05) is 19.8 Å². The van der Waals surface area contributed by atoms with Crippen molar-refractivity contribution in [3.05, 3.63) is 142 Å². The molecule has 6 aromatic rings. The molecule has 0 spiro atoms. The van der Waals surface area contributed by atoms with Crippen LogP contribution in [0.3, 0.4) is 0 Å². The van der Waals surface area contributed by atoms with E-state index in [9.17, 15) is 77.4 Å². The number of fused-ring (bicyclic) bond motifs is 6. The summed E-state index contributed by atoms with van der Waals surface area (Å²) < 4.78 is 146. The molecule has 1 saturated heterocycles. The summed E-state index contributed by atoms with van der Waals surface area (Å²) in [6, 6.07) is 17.9. The molecule has 4 aromatic heterocycles. The summed E-state index contributed by atoms with van der Waals surface area (Å²) in [5, 5.41) is 55.4. The van der Waals surface area contributed by atoms with Crippen LogP contribution in [0.15, 0.2) is 113 Å². The number of carbonyl (C=O) groups excluding carboxylic acids is 5. The number of phenolic OH excluding ortho intramolecular Hbond substituents is 3. The second-order valence-corrected chi connectivity index (χ2v) is 35.1. The SMILES string of the molecule is CC(C)n1nccc1B1OC(C)(C)C(C)(C)O1.CC1C(O)C2=C(CCCC2)c2ccnn21.CC1C(Oc2cccc(O)c2C=O)C2=C(CCCC2)c2ccnn21.CCOC(=O)C1=C(C)CCCC1.CCOC(=O)C1CCCCC1=O.CCOOC1C2=C(CCCC2)c2ccnn2C1C.O=Cc1c(O)cccc1O.O=S(=O)(OS(=O)(=O)C(F)(F)F)C(F)(F)F. The molecule has 5 aliphatic carbocycles. The molecule has 2 aromatic carbocycles. The lowest BCUT2D eigenvalue weighted by Crippen LogP contribution is -2.41. The Morgan fingerprint density at radius 1 is 0.569 bits per heavy atom. The minimum atomic E-state index is -6.85. The van der Waals surface area contributed by atoms with Gasteiger partial charge in [-0.25, -0.2) is 14.6 Å². The molecule has 15 rings (SSSR count). The molecule has 0 amide bonds. The normalized spacial score (nSPS) is 21.8. The molecule has 676 valence electrons. The lowest BCUT2D eigenvalue weighted by molar-refractivity contribution is -0.320. The first-order valence-electron chi connectivity index (χ1n) is 41.4. The number of nitrogens with zero attached hydrogens (tertiary/aromatic N) is 8. The van der Waals surface area contributed by atoms with Gasteiger partial charge in [-0.15, -0.1) is 3.63 Å². The zero-order chi connectivity index (χ0) is 90.7. The number of hydrogen-bond acceptors (Lipinski definition) is 25. The van der Waals surface area contributed by atoms with Gasteiger partial charge in [0.1, 0.15) is 46.9 Å². The van der Waals surface area contributed by atoms with Crippen molar-refractivity contribution in [1.82, 2.24) is 39.1 Å². The van der Waals surface area contributed by atoms with Crippen LogP contribution in [0, 0.1) is 5.92 Å². The third-order valence-corrected chi connectivity index (χ3v) is 25.3. The van der Waals surface area contributed by atoms with Gasteiger partial charge in [-0.1, -0.05) is 24.1 Å². The Labute approximate surface area is 713 Å². The molecule has 4 N–H and O–H groups in total. The molecule has 9 aliphatic rings. The van der Waals surface area contributed by atoms with Gasteiger partial charge in [-0.2, -0.15) is 63.6 Å². The number of hydrogen-bond donors (Lipinski definition) is 4. The van der Waals surface area contributed by atoms with Gasteiger partial charge in [-0.3, -0.25) is 37.9 Å². The van der Waals surface area contributed by atoms with Crippen LogP contribution in [-0.2, 0) is 66.8 Å². The Hall–Kier alpha value is -9.31. The lowest BCUT2D eigenvalue weighted by atomic mass is 9.82. The highest BCUT2D eigenvalue weighted by Crippen LogP contribution is 2.47. The van der Waals surface area contributed by atoms with Crippen molar-refractivity contribution in [2.45, 2.75) is 283 Å². The second-order valence-electron chi connectivity index (χ2n) is 31.8. The topological polar surface area (TPSA) is 380 Å². The highest BCUT2D eigenvalue weighted by Gasteiger charge is 2.58. The first kappa shape index (κ1) is 99.1. The number of ketones is 1. The number of aromatic nitrogens is 8. The highest BCUT2D eigenvalue weighted by molar-refractivity contribution is 8.00. The van der Waals surface area contributed by atoms with Crippen LogP contribution >= 0.6 is 0 Å². The first-order chi connectivity index (χ1) is 58.0. The zero-order valence-electron chi connectivity index (χ0n) is 71.6. The van der Waals surface area contributed by atoms with Crippen LogP contribution in [0.5, 0.6) is 23.0 Å². The van der Waals surface area contributed by atoms with E-state index < -0.39 is 37.2 Å². The molecule has 4 aliphatic heterocycles. The molecule has 8 heterocycles. The van der Waals surface area contributed by atoms with Crippen molar-refractivity contribution < 1.29 is 125 Å². The Morgan fingerprint density at radius 3 is 1.46 bits per heavy atom. The summed E-state index contributed by atoms with van der Waals surface area (Å²) in [6.45, 7) is 27.7. The van der Waals surface area contributed by atoms with Crippen LogP contribution in [0.2, 0.25) is 0 Å². The van der Waals surface area contributed by atoms with Gasteiger partial charge in [0.15, 0.2) is 12.6 Å². The van der Waals surface area contributed by atoms with Gasteiger partial charge < -0.3 is 43.9 Å². The summed E-state index contributed by atoms with van der Waals surface area (Å²) in [5.41, 5.74) is 1.93. The summed E-state index contributed by atoms with van der Waals surface area (Å²) >= 11 is 0. The number of esters is 2. The van der Waals surface area contributed by atoms with E-state index in [1.807, 2.05) is 70.0 Å². The number of halogens is 6. The first-order valence-corrected chi connectivity index (χ1v) is 44.3. The predicted molar refractivity (Wildman–Crippen MR) is 443 cm³/mol. The van der Waals surface area contributed by atoms with Gasteiger partial charge in [0.2, 0.25) is 0 Å². The molecule has 123 heavy (non-hydrogen) atoms. The van der Waals surface area contributed by atoms with Gasteiger partial charge in [-0.05, 0) is 288 Å². The molecule has 0 bridgehead atoms. The summed E-state index contributed by atoms with van der Waals surface area (Å²) in [5.74, 6) is -0.862. The molecular formula is C85H113BF6N8O21S2. The van der Waals surface area contributed by atoms with Crippen LogP contribution in [0.4, 0.5) is 26.3 Å². The minimum absolute atomic E-state index is 0.0210. The monoisotopic (exact) mass is 1770 g/mol. The number of benzene rings is 2. The number of alkyl halides is 6. The van der Waals surface area contributed by atoms with E-state index in [1.54, 1.807) is 25.3 Å². The zero-order valence-corrected chi connectivity index (χ0v) is 73.2. The number of aliphatic hydroxyl groups is 1. The van der Waals surface area contributed by atoms with E-state index in [0.717, 1.165) is 88.2 Å². The predicted octanol–water partition coefficient (Wildman–Crippen LogP) is 16.1. The largest absolute Gasteiger partial charge is 0.524 e. The highest BCUT2D eigenvalue weighted by atomic mass is 32.3. The summed E-state index contributed by atoms with van der Waals surface area (Å²) in [4.78, 5) is 66.0. The third kappa shape index (κ3) is 24.2. The van der Waals surface area contributed by atoms with Gasteiger partial charge >= 0.3 is 50.3 Å². The Bertz CT molecular complexity index is 4930. The second kappa shape index (κ2) is 43.5. The number of carbonyl (C=O) groups is 5. The molecule has 1 saturated carbocycles. The van der Waals surface area contributed by atoms with E-state index in [-0.39, 0.29) is 101 Å². The van der Waals surface area contributed by atoms with E-state index in [1.165, 1.54) is 119 Å². The van der Waals surface area contributed by atoms with Crippen molar-refractivity contribution in [2.24, 2.45) is 5.92 Å². The molecule has 0 radical (unpaired) electrons. The number of allylic oxidation sites excluding steroid dienone is 4. The number of rotatable bonds is 15. The average Bonchev–Trinajstić information content (AvgIpc) is 1.74. The molecule has 7 atom stereocenters. The Balaban J connectivity index is 0.000000177. The molecule has 29 nitrogen and oxygen atoms in total. The van der Waals surface area contributed by atoms with Crippen molar-refractivity contribution in [3.63, 3.8) is 0 Å². The summed E-state index contributed by atoms with van der Waals surface area (Å²) in [7, 11) is -14.0. The van der Waals surface area contributed by atoms with Crippen molar-refractivity contribution in [1.29, 1.82) is 0 Å². The van der Waals surface area contributed by atoms with Crippen molar-refractivity contribution in [3.8, 4) is 23.0 Å². The lowest BCUT2D eigenvalue weighted by Gasteiger charge is -2.37. The van der Waals surface area contributed by atoms with Gasteiger partial charge in [0.25, 0.3) is 0 Å². The fourth-order valence-electron chi connectivity index (χ4n) is 15.6. The smallest absolute Gasteiger partial charge is 0.507 e. The Morgan fingerprint density at radius 2 is 1.00 bits per heavy atom. The third-order valence-electron chi connectivity index (χ3n) is 22.7. The number of aliphatic hydroxyl groups excluding tert-OH is 1. The fraction of sp³-hybridized carbons (Fsp3) is 0.565. The fourth-order valence-corrected chi connectivity index (χ4v) is 17.2. The van der Waals surface area contributed by atoms with Crippen LogP contribution in [-0.4, -0.2) is 174 Å². The summed E-state index contributed by atoms with van der Waals surface area (Å²) in [6.07, 6.45) is 29.1. The maximum absolute atomic E-state index is 11.4. The average molecular weight is 1770 g/mol. The van der Waals surface area contributed by atoms with E-state index in [2.05, 4.69) is 98.7 Å². The number of aldehydes is 2. The molecular weight excluding hydrogens is 1660 g/mol. The standard InChI is InChI=1S/C19H20N2O3.C14H20N2O2.C12H21BN2O2.C12H16N2O.C10H16O2.C9H14O3.C7H6O3.C2F6O5S2/c1-12-19(24-18-8-4-7-17(23)15(18)11-22)14-6-3-2-5-13(14)16-9-10-20-21(12)16;1-3-17-18-14-10(2)16-13(8-9-15-16)11-6-4-5-7-12(11)14;1-9(2)15-10(7-8-14-15)13-16-11(3,4)12(5,6)17-13;1-8-12(15)10-5-3-2-4-9(10)11-6-7-13-14(8)11;1-3-12-10(11)9-7-5-4-6-8(9)2;1-2-12-9(11)7-5-3-4-6-8(7)10;8-4-5-6(9)2-1-3-7(5)10;3-1(4,5)14(9,10)13-15(11,12)2(6,7)8/h4,7-12,19,23H,2-3,5-6H2,1H3;8-10,14H,3-7H2,1-2H3;7-9H,1-6H3;6-8,12,15H,2-5H2,1H3;3-7H2,1-2H3;7H,2-6H2,1H3;1-4,9-10H;. The number of phenols is 3. The molecule has 2 fully saturated rings. The van der Waals surface area contributed by atoms with E-state index >= 15 is 0 Å². The van der Waals surface area contributed by atoms with Crippen LogP contribution in [0.25, 0.3) is 16.7 Å². The van der Waals surface area contributed by atoms with Gasteiger partial charge in [0.05, 0.1) is 89.1 Å². The molecule has 38 heteroatoms. The molecule has 7 unspecified atom stereocenters. The van der Waals surface area contributed by atoms with E-state index in [0.29, 0.717) is 57.0 Å². The van der Waals surface area contributed by atoms with Crippen LogP contribution in [0.1, 0.15) is 280 Å². The minimum Gasteiger partial charge on any atom is -0.507 e. The van der Waals surface area contributed by atoms with Crippen LogP contribution < -0.4 is 10.3 Å². The quantitative estimate of drug-likeness (QED) is 0.0108. The Kier molecular flexibility index (Phi) is 35.1. The van der Waals surface area contributed by atoms with Gasteiger partial charge in [0, 0.05) is 42.8 Å². The van der Waals surface area contributed by atoms with Crippen molar-refractivity contribution >= 4 is 80.0 Å². The maximum Gasteiger partial charge on any atom is 0.524 e.